The number of rotatable bonds is 9. The van der Waals surface area contributed by atoms with E-state index in [1.807, 2.05) is 25.1 Å². The largest absolute Gasteiger partial charge is 0.465 e. The Kier molecular flexibility index (Phi) is 9.99. The zero-order valence-corrected chi connectivity index (χ0v) is 25.3. The van der Waals surface area contributed by atoms with Crippen LogP contribution in [0.2, 0.25) is 0 Å². The quantitative estimate of drug-likeness (QED) is 0.223. The third-order valence-corrected chi connectivity index (χ3v) is 8.78. The van der Waals surface area contributed by atoms with Crippen molar-refractivity contribution in [1.29, 1.82) is 0 Å². The van der Waals surface area contributed by atoms with Gasteiger partial charge in [0.2, 0.25) is 5.76 Å². The van der Waals surface area contributed by atoms with E-state index in [1.165, 1.54) is 13.3 Å². The minimum absolute atomic E-state index is 0.188. The summed E-state index contributed by atoms with van der Waals surface area (Å²) in [5, 5.41) is 2.87. The van der Waals surface area contributed by atoms with Crippen LogP contribution < -0.4 is 19.8 Å². The SMILES string of the molecule is COC(=O)c1cccc(CNSC2CCN(c3ccc(NC(=O)c4oc(N5CCCC(C)C5)nc4C(F)(F)F)cn3)CC2)c1. The molecule has 2 aliphatic rings. The highest BCUT2D eigenvalue weighted by atomic mass is 32.2. The summed E-state index contributed by atoms with van der Waals surface area (Å²) in [6.07, 6.45) is 0.215. The molecule has 5 rings (SSSR count). The van der Waals surface area contributed by atoms with E-state index in [0.29, 0.717) is 30.4 Å². The number of anilines is 3. The third-order valence-electron chi connectivity index (χ3n) is 7.66. The molecule has 2 fully saturated rings. The number of piperidine rings is 2. The van der Waals surface area contributed by atoms with Crippen molar-refractivity contribution < 1.29 is 31.9 Å². The Balaban J connectivity index is 1.12. The molecule has 1 aromatic carbocycles. The van der Waals surface area contributed by atoms with Gasteiger partial charge in [0, 0.05) is 38.0 Å². The van der Waals surface area contributed by atoms with Crippen LogP contribution in [0.5, 0.6) is 0 Å². The topological polar surface area (TPSA) is 113 Å². The van der Waals surface area contributed by atoms with Crippen molar-refractivity contribution in [2.24, 2.45) is 5.92 Å². The third kappa shape index (κ3) is 7.83. The van der Waals surface area contributed by atoms with Gasteiger partial charge in [-0.25, -0.2) is 9.78 Å². The molecule has 0 radical (unpaired) electrons. The van der Waals surface area contributed by atoms with Gasteiger partial charge in [-0.3, -0.25) is 9.52 Å². The van der Waals surface area contributed by atoms with Gasteiger partial charge < -0.3 is 24.3 Å². The lowest BCUT2D eigenvalue weighted by molar-refractivity contribution is -0.141. The van der Waals surface area contributed by atoms with Gasteiger partial charge in [0.05, 0.1) is 24.6 Å². The molecule has 4 heterocycles. The summed E-state index contributed by atoms with van der Waals surface area (Å²) >= 11 is 1.67. The second-order valence-electron chi connectivity index (χ2n) is 11.0. The van der Waals surface area contributed by atoms with E-state index in [4.69, 9.17) is 9.15 Å². The van der Waals surface area contributed by atoms with E-state index < -0.39 is 23.5 Å². The van der Waals surface area contributed by atoms with Gasteiger partial charge in [-0.05, 0) is 61.4 Å². The number of hydrogen-bond acceptors (Lipinski definition) is 10. The summed E-state index contributed by atoms with van der Waals surface area (Å²) in [5.41, 5.74) is 0.424. The summed E-state index contributed by atoms with van der Waals surface area (Å²) in [5.74, 6) is -1.25. The zero-order chi connectivity index (χ0) is 31.3. The van der Waals surface area contributed by atoms with E-state index in [-0.39, 0.29) is 23.6 Å². The summed E-state index contributed by atoms with van der Waals surface area (Å²) in [4.78, 5) is 36.5. The summed E-state index contributed by atoms with van der Waals surface area (Å²) < 4.78 is 54.8. The van der Waals surface area contributed by atoms with Crippen LogP contribution in [0, 0.1) is 5.92 Å². The number of hydrogen-bond donors (Lipinski definition) is 2. The molecule has 0 spiro atoms. The Labute approximate surface area is 257 Å². The fourth-order valence-corrected chi connectivity index (χ4v) is 6.29. The normalized spacial score (nSPS) is 17.9. The first-order valence-corrected chi connectivity index (χ1v) is 15.4. The van der Waals surface area contributed by atoms with E-state index in [2.05, 4.69) is 24.9 Å². The van der Waals surface area contributed by atoms with E-state index in [9.17, 15) is 22.8 Å². The molecular weight excluding hydrogens is 597 g/mol. The van der Waals surface area contributed by atoms with Crippen LogP contribution in [-0.2, 0) is 17.5 Å². The first-order chi connectivity index (χ1) is 21.1. The number of nitrogens with one attached hydrogen (secondary N) is 2. The van der Waals surface area contributed by atoms with Crippen molar-refractivity contribution in [3.63, 3.8) is 0 Å². The van der Waals surface area contributed by atoms with Crippen LogP contribution in [0.4, 0.5) is 30.7 Å². The molecule has 44 heavy (non-hydrogen) atoms. The van der Waals surface area contributed by atoms with Gasteiger partial charge in [-0.1, -0.05) is 31.0 Å². The van der Waals surface area contributed by atoms with E-state index in [1.54, 1.807) is 35.0 Å². The van der Waals surface area contributed by atoms with Crippen molar-refractivity contribution in [2.45, 2.75) is 50.6 Å². The van der Waals surface area contributed by atoms with E-state index in [0.717, 1.165) is 50.2 Å². The molecule has 236 valence electrons. The molecule has 1 unspecified atom stereocenters. The lowest BCUT2D eigenvalue weighted by Crippen LogP contribution is -2.36. The van der Waals surface area contributed by atoms with Gasteiger partial charge in [0.25, 0.3) is 11.9 Å². The predicted octanol–water partition coefficient (Wildman–Crippen LogP) is 5.77. The molecule has 2 N–H and O–H groups in total. The number of pyridine rings is 1. The second kappa shape index (κ2) is 13.9. The highest BCUT2D eigenvalue weighted by Gasteiger charge is 2.42. The second-order valence-corrected chi connectivity index (χ2v) is 12.2. The Bertz CT molecular complexity index is 1440. The minimum Gasteiger partial charge on any atom is -0.465 e. The number of nitrogens with zero attached hydrogens (tertiary/aromatic N) is 4. The first kappa shape index (κ1) is 31.6. The number of ether oxygens (including phenoxy) is 1. The predicted molar refractivity (Wildman–Crippen MR) is 162 cm³/mol. The fourth-order valence-electron chi connectivity index (χ4n) is 5.36. The number of carbonyl (C=O) groups is 2. The number of esters is 1. The molecule has 3 aromatic rings. The van der Waals surface area contributed by atoms with Crippen LogP contribution in [0.15, 0.2) is 47.0 Å². The number of carbonyl (C=O) groups excluding carboxylic acids is 2. The van der Waals surface area contributed by atoms with Crippen LogP contribution in [0.3, 0.4) is 0 Å². The van der Waals surface area contributed by atoms with Crippen LogP contribution in [0.1, 0.15) is 64.8 Å². The Morgan fingerprint density at radius 1 is 1.11 bits per heavy atom. The van der Waals surface area contributed by atoms with Gasteiger partial charge in [0.1, 0.15) is 5.82 Å². The smallest absolute Gasteiger partial charge is 0.437 e. The Hall–Kier alpha value is -3.78. The maximum atomic E-state index is 13.7. The Morgan fingerprint density at radius 3 is 2.59 bits per heavy atom. The fraction of sp³-hybridized carbons (Fsp3) is 0.467. The standard InChI is InChI=1S/C30H35F3N6O4S/c1-19-5-4-12-39(18-19)29-37-26(30(31,32)33)25(43-29)27(40)36-22-8-9-24(34-17-22)38-13-10-23(11-14-38)44-35-16-20-6-3-7-21(15-20)28(41)42-2/h3,6-9,15,17,19,23,35H,4-5,10-14,16,18H2,1-2H3,(H,36,40). The molecule has 0 saturated carbocycles. The molecule has 0 bridgehead atoms. The van der Waals surface area contributed by atoms with E-state index >= 15 is 0 Å². The number of halogens is 3. The molecule has 2 saturated heterocycles. The highest BCUT2D eigenvalue weighted by molar-refractivity contribution is 7.98. The highest BCUT2D eigenvalue weighted by Crippen LogP contribution is 2.35. The number of methoxy groups -OCH3 is 1. The summed E-state index contributed by atoms with van der Waals surface area (Å²) in [6, 6.07) is 10.5. The lowest BCUT2D eigenvalue weighted by Gasteiger charge is -2.32. The number of oxazole rings is 1. The van der Waals surface area contributed by atoms with Crippen LogP contribution in [0.25, 0.3) is 0 Å². The molecule has 0 aliphatic carbocycles. The van der Waals surface area contributed by atoms with Crippen molar-refractivity contribution in [1.82, 2.24) is 14.7 Å². The Morgan fingerprint density at radius 2 is 1.91 bits per heavy atom. The monoisotopic (exact) mass is 632 g/mol. The van der Waals surface area contributed by atoms with Crippen molar-refractivity contribution in [3.05, 3.63) is 65.2 Å². The molecule has 2 aromatic heterocycles. The number of alkyl halides is 3. The number of aromatic nitrogens is 2. The van der Waals surface area contributed by atoms with Crippen molar-refractivity contribution in [2.75, 3.05) is 48.4 Å². The molecular formula is C30H35F3N6O4S. The average Bonchev–Trinajstić information content (AvgIpc) is 3.49. The van der Waals surface area contributed by atoms with Crippen molar-refractivity contribution >= 4 is 41.3 Å². The van der Waals surface area contributed by atoms with Gasteiger partial charge in [0.15, 0.2) is 5.69 Å². The molecule has 1 amide bonds. The maximum absolute atomic E-state index is 13.7. The maximum Gasteiger partial charge on any atom is 0.437 e. The molecule has 10 nitrogen and oxygen atoms in total. The molecule has 14 heteroatoms. The van der Waals surface area contributed by atoms with Gasteiger partial charge in [-0.2, -0.15) is 18.2 Å². The summed E-state index contributed by atoms with van der Waals surface area (Å²) in [7, 11) is 1.36. The minimum atomic E-state index is -4.84. The molecule has 2 aliphatic heterocycles. The van der Waals surface area contributed by atoms with Crippen LogP contribution >= 0.6 is 11.9 Å². The molecule has 1 atom stereocenters. The number of amides is 1. The number of benzene rings is 1. The summed E-state index contributed by atoms with van der Waals surface area (Å²) in [6.45, 7) is 5.22. The van der Waals surface area contributed by atoms with Gasteiger partial charge >= 0.3 is 12.1 Å². The van der Waals surface area contributed by atoms with Crippen LogP contribution in [-0.4, -0.2) is 60.4 Å². The lowest BCUT2D eigenvalue weighted by atomic mass is 10.0. The zero-order valence-electron chi connectivity index (χ0n) is 24.5. The van der Waals surface area contributed by atoms with Gasteiger partial charge in [-0.15, -0.1) is 0 Å². The van der Waals surface area contributed by atoms with Crippen molar-refractivity contribution in [3.8, 4) is 0 Å². The first-order valence-electron chi connectivity index (χ1n) is 14.5. The average molecular weight is 633 g/mol.